The van der Waals surface area contributed by atoms with Gasteiger partial charge in [-0.2, -0.15) is 0 Å². The number of phosphoric ester groups is 1. The number of carbonyl (C=O) groups is 2. The monoisotopic (exact) mass is 930 g/mol. The van der Waals surface area contributed by atoms with E-state index in [4.69, 9.17) is 24.3 Å². The van der Waals surface area contributed by atoms with Crippen LogP contribution in [0.3, 0.4) is 0 Å². The third-order valence-corrected chi connectivity index (χ3v) is 13.7. The standard InChI is InChI=1S/C54H108NO8P/c1-3-5-7-9-11-12-13-14-15-16-17-18-19-20-21-22-23-24-25-26-27-28-29-30-31-32-33-34-35-36-37-38-39-41-43-45-47-54(57)63-52(51-62-64(58,59)61-49-48-55)50-60-53(56)46-44-42-40-10-8-6-4-2/h52H,3-51,55H2,1-2H3,(H,58,59). The predicted octanol–water partition coefficient (Wildman–Crippen LogP) is 17.1. The first-order valence-electron chi connectivity index (χ1n) is 28.0. The summed E-state index contributed by atoms with van der Waals surface area (Å²) in [6, 6.07) is 0. The molecule has 0 radical (unpaired) electrons. The number of nitrogens with two attached hydrogens (primary N) is 1. The molecular weight excluding hydrogens is 822 g/mol. The van der Waals surface area contributed by atoms with Gasteiger partial charge in [0.2, 0.25) is 0 Å². The largest absolute Gasteiger partial charge is 0.472 e. The van der Waals surface area contributed by atoms with E-state index in [2.05, 4.69) is 13.8 Å². The van der Waals surface area contributed by atoms with Crippen LogP contribution in [-0.4, -0.2) is 49.3 Å². The smallest absolute Gasteiger partial charge is 0.462 e. The molecule has 0 aromatic carbocycles. The molecular formula is C54H108NO8P. The Kier molecular flexibility index (Phi) is 50.6. The normalized spacial score (nSPS) is 13.0. The second-order valence-electron chi connectivity index (χ2n) is 19.2. The van der Waals surface area contributed by atoms with Crippen molar-refractivity contribution in [2.45, 2.75) is 309 Å². The third-order valence-electron chi connectivity index (χ3n) is 12.7. The molecule has 0 saturated carbocycles. The van der Waals surface area contributed by atoms with Gasteiger partial charge in [-0.05, 0) is 12.8 Å². The molecule has 2 atom stereocenters. The van der Waals surface area contributed by atoms with Crippen LogP contribution in [0.1, 0.15) is 303 Å². The average molecular weight is 930 g/mol. The quantitative estimate of drug-likeness (QED) is 0.0347. The minimum Gasteiger partial charge on any atom is -0.462 e. The van der Waals surface area contributed by atoms with Crippen LogP contribution in [0, 0.1) is 0 Å². The van der Waals surface area contributed by atoms with Gasteiger partial charge in [-0.3, -0.25) is 18.6 Å². The lowest BCUT2D eigenvalue weighted by Gasteiger charge is -2.19. The van der Waals surface area contributed by atoms with Gasteiger partial charge in [0.25, 0.3) is 0 Å². The van der Waals surface area contributed by atoms with Gasteiger partial charge in [0.1, 0.15) is 6.61 Å². The Morgan fingerprint density at radius 1 is 0.406 bits per heavy atom. The zero-order valence-corrected chi connectivity index (χ0v) is 43.4. The zero-order valence-electron chi connectivity index (χ0n) is 42.6. The molecule has 0 saturated heterocycles. The van der Waals surface area contributed by atoms with E-state index in [1.54, 1.807) is 0 Å². The number of hydrogen-bond acceptors (Lipinski definition) is 8. The first-order chi connectivity index (χ1) is 31.3. The van der Waals surface area contributed by atoms with Gasteiger partial charge in [-0.15, -0.1) is 0 Å². The molecule has 0 rings (SSSR count). The fourth-order valence-electron chi connectivity index (χ4n) is 8.58. The average Bonchev–Trinajstić information content (AvgIpc) is 3.28. The topological polar surface area (TPSA) is 134 Å². The van der Waals surface area contributed by atoms with E-state index < -0.39 is 26.5 Å². The van der Waals surface area contributed by atoms with Crippen LogP contribution in [0.25, 0.3) is 0 Å². The van der Waals surface area contributed by atoms with Crippen molar-refractivity contribution >= 4 is 19.8 Å². The van der Waals surface area contributed by atoms with Gasteiger partial charge < -0.3 is 20.1 Å². The number of rotatable bonds is 54. The minimum absolute atomic E-state index is 0.0579. The number of carbonyl (C=O) groups excluding carboxylic acids is 2. The molecule has 0 fully saturated rings. The summed E-state index contributed by atoms with van der Waals surface area (Å²) in [6.45, 7) is 3.74. The summed E-state index contributed by atoms with van der Waals surface area (Å²) >= 11 is 0. The van der Waals surface area contributed by atoms with E-state index in [0.29, 0.717) is 6.42 Å². The molecule has 10 heteroatoms. The Balaban J connectivity index is 3.64. The second-order valence-corrected chi connectivity index (χ2v) is 20.6. The lowest BCUT2D eigenvalue weighted by Crippen LogP contribution is -2.29. The number of unbranched alkanes of at least 4 members (excludes halogenated alkanes) is 41. The van der Waals surface area contributed by atoms with Gasteiger partial charge >= 0.3 is 19.8 Å². The van der Waals surface area contributed by atoms with Crippen molar-refractivity contribution in [3.8, 4) is 0 Å². The molecule has 0 spiro atoms. The Morgan fingerprint density at radius 3 is 0.953 bits per heavy atom. The van der Waals surface area contributed by atoms with E-state index in [1.807, 2.05) is 0 Å². The highest BCUT2D eigenvalue weighted by Crippen LogP contribution is 2.43. The summed E-state index contributed by atoms with van der Waals surface area (Å²) in [4.78, 5) is 34.8. The number of esters is 2. The summed E-state index contributed by atoms with van der Waals surface area (Å²) in [5.74, 6) is -0.818. The van der Waals surface area contributed by atoms with Crippen molar-refractivity contribution < 1.29 is 37.6 Å². The Morgan fingerprint density at radius 2 is 0.672 bits per heavy atom. The molecule has 9 nitrogen and oxygen atoms in total. The lowest BCUT2D eigenvalue weighted by atomic mass is 10.0. The fourth-order valence-corrected chi connectivity index (χ4v) is 9.35. The molecule has 0 bridgehead atoms. The van der Waals surface area contributed by atoms with Crippen molar-refractivity contribution in [3.63, 3.8) is 0 Å². The van der Waals surface area contributed by atoms with Crippen LogP contribution >= 0.6 is 7.82 Å². The molecule has 0 aromatic rings. The van der Waals surface area contributed by atoms with Crippen molar-refractivity contribution in [1.29, 1.82) is 0 Å². The molecule has 0 aliphatic carbocycles. The van der Waals surface area contributed by atoms with Crippen LogP contribution in [0.4, 0.5) is 0 Å². The van der Waals surface area contributed by atoms with Crippen LogP contribution in [0.2, 0.25) is 0 Å². The first kappa shape index (κ1) is 63.0. The highest BCUT2D eigenvalue weighted by atomic mass is 31.2. The van der Waals surface area contributed by atoms with Crippen molar-refractivity contribution in [2.24, 2.45) is 5.73 Å². The van der Waals surface area contributed by atoms with Gasteiger partial charge in [-0.1, -0.05) is 277 Å². The van der Waals surface area contributed by atoms with Crippen LogP contribution in [0.5, 0.6) is 0 Å². The number of ether oxygens (including phenoxy) is 2. The summed E-state index contributed by atoms with van der Waals surface area (Å²) in [6.07, 6.45) is 56.6. The number of hydrogen-bond donors (Lipinski definition) is 2. The molecule has 64 heavy (non-hydrogen) atoms. The Hall–Kier alpha value is -0.990. The molecule has 0 aromatic heterocycles. The Labute approximate surface area is 397 Å². The van der Waals surface area contributed by atoms with Gasteiger partial charge in [-0.25, -0.2) is 4.57 Å². The second kappa shape index (κ2) is 51.4. The van der Waals surface area contributed by atoms with Gasteiger partial charge in [0.15, 0.2) is 6.10 Å². The summed E-state index contributed by atoms with van der Waals surface area (Å²) in [5.41, 5.74) is 5.35. The summed E-state index contributed by atoms with van der Waals surface area (Å²) in [7, 11) is -4.37. The van der Waals surface area contributed by atoms with Gasteiger partial charge in [0.05, 0.1) is 13.2 Å². The predicted molar refractivity (Wildman–Crippen MR) is 271 cm³/mol. The summed E-state index contributed by atoms with van der Waals surface area (Å²) < 4.78 is 32.7. The fraction of sp³-hybridized carbons (Fsp3) is 0.963. The van der Waals surface area contributed by atoms with Crippen molar-refractivity contribution in [2.75, 3.05) is 26.4 Å². The Bertz CT molecular complexity index is 1020. The van der Waals surface area contributed by atoms with Crippen molar-refractivity contribution in [3.05, 3.63) is 0 Å². The highest BCUT2D eigenvalue weighted by Gasteiger charge is 2.26. The molecule has 0 heterocycles. The van der Waals surface area contributed by atoms with Crippen molar-refractivity contribution in [1.82, 2.24) is 0 Å². The lowest BCUT2D eigenvalue weighted by molar-refractivity contribution is -0.161. The van der Waals surface area contributed by atoms with E-state index in [9.17, 15) is 19.0 Å². The van der Waals surface area contributed by atoms with E-state index >= 15 is 0 Å². The van der Waals surface area contributed by atoms with E-state index in [1.165, 1.54) is 238 Å². The van der Waals surface area contributed by atoms with E-state index in [0.717, 1.165) is 32.1 Å². The van der Waals surface area contributed by atoms with Crippen LogP contribution < -0.4 is 5.73 Å². The van der Waals surface area contributed by atoms with E-state index in [-0.39, 0.29) is 38.6 Å². The third kappa shape index (κ3) is 50.4. The summed E-state index contributed by atoms with van der Waals surface area (Å²) in [5, 5.41) is 0. The molecule has 2 unspecified atom stereocenters. The molecule has 0 amide bonds. The first-order valence-corrected chi connectivity index (χ1v) is 29.5. The van der Waals surface area contributed by atoms with Gasteiger partial charge in [0, 0.05) is 19.4 Å². The highest BCUT2D eigenvalue weighted by molar-refractivity contribution is 7.47. The van der Waals surface area contributed by atoms with Crippen LogP contribution in [-0.2, 0) is 32.7 Å². The molecule has 0 aliphatic rings. The maximum atomic E-state index is 12.6. The molecule has 3 N–H and O–H groups in total. The number of phosphoric acid groups is 1. The molecule has 382 valence electrons. The maximum Gasteiger partial charge on any atom is 0.472 e. The SMILES string of the molecule is CCCCCCCCCCCCCCCCCCCCCCCCCCCCCCCCCCCCCCC(=O)OC(COC(=O)CCCCCCCCC)COP(=O)(O)OCCN. The minimum atomic E-state index is -4.37. The maximum absolute atomic E-state index is 12.6. The molecule has 0 aliphatic heterocycles. The zero-order chi connectivity index (χ0) is 46.7. The van der Waals surface area contributed by atoms with Crippen LogP contribution in [0.15, 0.2) is 0 Å².